The van der Waals surface area contributed by atoms with Crippen LogP contribution in [0.5, 0.6) is 0 Å². The highest BCUT2D eigenvalue weighted by Gasteiger charge is 2.44. The maximum absolute atomic E-state index is 13.1. The molecule has 1 N–H and O–H groups in total. The minimum Gasteiger partial charge on any atom is -0.335 e. The molecule has 33 heavy (non-hydrogen) atoms. The first-order chi connectivity index (χ1) is 15.7. The average Bonchev–Trinajstić information content (AvgIpc) is 3.35. The maximum Gasteiger partial charge on any atom is 0.242 e. The van der Waals surface area contributed by atoms with Gasteiger partial charge in [0.25, 0.3) is 0 Å². The summed E-state index contributed by atoms with van der Waals surface area (Å²) in [7, 11) is -1.83. The summed E-state index contributed by atoms with van der Waals surface area (Å²) in [6.45, 7) is 2.03. The Balaban J connectivity index is 1.26. The fourth-order valence-electron chi connectivity index (χ4n) is 5.25. The summed E-state index contributed by atoms with van der Waals surface area (Å²) < 4.78 is 28.6. The zero-order valence-electron chi connectivity index (χ0n) is 18.4. The van der Waals surface area contributed by atoms with Crippen LogP contribution in [0.25, 0.3) is 10.8 Å². The molecule has 0 aliphatic carbocycles. The lowest BCUT2D eigenvalue weighted by atomic mass is 10.1. The van der Waals surface area contributed by atoms with Crippen LogP contribution < -0.4 is 4.72 Å². The molecule has 5 rings (SSSR count). The van der Waals surface area contributed by atoms with Crippen molar-refractivity contribution < 1.29 is 18.0 Å². The van der Waals surface area contributed by atoms with Crippen molar-refractivity contribution in [2.75, 3.05) is 33.2 Å². The Hall–Kier alpha value is -2.20. The summed E-state index contributed by atoms with van der Waals surface area (Å²) in [6.07, 6.45) is 2.03. The SMILES string of the molecule is CN1CC2CC1CN2C(=O)CN1CCCC(NS(=O)(=O)c2ccc3cc(Cl)ccc3c2)C1=O. The summed E-state index contributed by atoms with van der Waals surface area (Å²) in [4.78, 5) is 31.7. The maximum atomic E-state index is 13.1. The highest BCUT2D eigenvalue weighted by atomic mass is 35.5. The number of likely N-dealkylation sites (N-methyl/N-ethyl adjacent to an activating group) is 1. The number of piperidine rings is 1. The molecular weight excluding hydrogens is 464 g/mol. The van der Waals surface area contributed by atoms with Gasteiger partial charge >= 0.3 is 0 Å². The quantitative estimate of drug-likeness (QED) is 0.688. The molecule has 3 atom stereocenters. The van der Waals surface area contributed by atoms with Crippen LogP contribution in [0.15, 0.2) is 41.3 Å². The summed E-state index contributed by atoms with van der Waals surface area (Å²) >= 11 is 6.01. The smallest absolute Gasteiger partial charge is 0.242 e. The van der Waals surface area contributed by atoms with Gasteiger partial charge in [0.05, 0.1) is 11.4 Å². The standard InChI is InChI=1S/C23H27ClN4O4S/c1-26-12-19-11-18(26)13-28(19)22(29)14-27-8-2-3-21(23(27)30)25-33(31,32)20-7-5-15-9-17(24)6-4-16(15)10-20/h4-7,9-10,18-19,21,25H,2-3,8,11-14H2,1H3. The zero-order chi connectivity index (χ0) is 23.3. The molecule has 3 fully saturated rings. The molecule has 0 saturated carbocycles. The van der Waals surface area contributed by atoms with E-state index in [2.05, 4.69) is 16.7 Å². The van der Waals surface area contributed by atoms with E-state index in [9.17, 15) is 18.0 Å². The normalized spacial score (nSPS) is 25.9. The molecule has 2 amide bonds. The van der Waals surface area contributed by atoms with Crippen molar-refractivity contribution in [1.82, 2.24) is 19.4 Å². The molecule has 176 valence electrons. The molecule has 10 heteroatoms. The minimum absolute atomic E-state index is 0.000723. The number of amides is 2. The Morgan fingerprint density at radius 2 is 1.88 bits per heavy atom. The highest BCUT2D eigenvalue weighted by molar-refractivity contribution is 7.89. The number of hydrogen-bond donors (Lipinski definition) is 1. The van der Waals surface area contributed by atoms with Crippen molar-refractivity contribution in [3.63, 3.8) is 0 Å². The van der Waals surface area contributed by atoms with Crippen molar-refractivity contribution >= 4 is 44.2 Å². The highest BCUT2D eigenvalue weighted by Crippen LogP contribution is 2.29. The number of hydrogen-bond acceptors (Lipinski definition) is 5. The first-order valence-corrected chi connectivity index (χ1v) is 13.1. The van der Waals surface area contributed by atoms with Crippen molar-refractivity contribution in [3.05, 3.63) is 41.4 Å². The van der Waals surface area contributed by atoms with E-state index in [-0.39, 0.29) is 29.3 Å². The number of fused-ring (bicyclic) bond motifs is 3. The van der Waals surface area contributed by atoms with E-state index in [1.165, 1.54) is 11.0 Å². The van der Waals surface area contributed by atoms with Crippen LogP contribution in [0.1, 0.15) is 19.3 Å². The van der Waals surface area contributed by atoms with Gasteiger partial charge in [-0.2, -0.15) is 4.72 Å². The second kappa shape index (κ2) is 8.54. The third-order valence-corrected chi connectivity index (χ3v) is 8.78. The topological polar surface area (TPSA) is 90.0 Å². The molecule has 0 aromatic heterocycles. The van der Waals surface area contributed by atoms with Crippen molar-refractivity contribution in [3.8, 4) is 0 Å². The molecule has 0 spiro atoms. The molecule has 3 unspecified atom stereocenters. The summed E-state index contributed by atoms with van der Waals surface area (Å²) in [6, 6.07) is 9.75. The lowest BCUT2D eigenvalue weighted by molar-refractivity contribution is -0.144. The lowest BCUT2D eigenvalue weighted by Crippen LogP contribution is -2.56. The van der Waals surface area contributed by atoms with E-state index >= 15 is 0 Å². The minimum atomic E-state index is -3.91. The fourth-order valence-corrected chi connectivity index (χ4v) is 6.69. The van der Waals surface area contributed by atoms with Gasteiger partial charge in [0.15, 0.2) is 0 Å². The predicted octanol–water partition coefficient (Wildman–Crippen LogP) is 1.68. The van der Waals surface area contributed by atoms with Crippen molar-refractivity contribution in [2.24, 2.45) is 0 Å². The van der Waals surface area contributed by atoms with E-state index in [0.717, 1.165) is 23.7 Å². The number of benzene rings is 2. The number of sulfonamides is 1. The lowest BCUT2D eigenvalue weighted by Gasteiger charge is -2.36. The number of carbonyl (C=O) groups is 2. The number of nitrogens with zero attached hydrogens (tertiary/aromatic N) is 3. The second-order valence-electron chi connectivity index (χ2n) is 9.26. The molecule has 2 aromatic rings. The van der Waals surface area contributed by atoms with Crippen LogP contribution in [0, 0.1) is 0 Å². The van der Waals surface area contributed by atoms with Gasteiger partial charge in [0, 0.05) is 36.7 Å². The number of nitrogens with one attached hydrogen (secondary N) is 1. The Morgan fingerprint density at radius 3 is 2.61 bits per heavy atom. The molecule has 0 radical (unpaired) electrons. The van der Waals surface area contributed by atoms with Gasteiger partial charge in [-0.15, -0.1) is 0 Å². The van der Waals surface area contributed by atoms with Gasteiger partial charge in [0.2, 0.25) is 21.8 Å². The van der Waals surface area contributed by atoms with Crippen LogP contribution in [0.4, 0.5) is 0 Å². The molecule has 3 aliphatic rings. The molecule has 2 aromatic carbocycles. The molecular formula is C23H27ClN4O4S. The summed E-state index contributed by atoms with van der Waals surface area (Å²) in [5.74, 6) is -0.395. The monoisotopic (exact) mass is 490 g/mol. The Morgan fingerprint density at radius 1 is 1.12 bits per heavy atom. The largest absolute Gasteiger partial charge is 0.335 e. The van der Waals surface area contributed by atoms with E-state index in [1.807, 2.05) is 4.90 Å². The van der Waals surface area contributed by atoms with Gasteiger partial charge < -0.3 is 9.80 Å². The summed E-state index contributed by atoms with van der Waals surface area (Å²) in [5, 5.41) is 2.16. The van der Waals surface area contributed by atoms with E-state index < -0.39 is 16.1 Å². The average molecular weight is 491 g/mol. The van der Waals surface area contributed by atoms with Crippen molar-refractivity contribution in [2.45, 2.75) is 42.3 Å². The van der Waals surface area contributed by atoms with Crippen LogP contribution in [-0.2, 0) is 19.6 Å². The Kier molecular flexibility index (Phi) is 5.84. The van der Waals surface area contributed by atoms with Gasteiger partial charge in [0.1, 0.15) is 6.04 Å². The Bertz CT molecular complexity index is 1220. The first-order valence-electron chi connectivity index (χ1n) is 11.2. The first kappa shape index (κ1) is 22.6. The van der Waals surface area contributed by atoms with Gasteiger partial charge in [-0.05, 0) is 61.3 Å². The van der Waals surface area contributed by atoms with E-state index in [0.29, 0.717) is 37.0 Å². The molecule has 2 bridgehead atoms. The van der Waals surface area contributed by atoms with E-state index in [1.54, 1.807) is 30.3 Å². The van der Waals surface area contributed by atoms with Crippen LogP contribution in [0.2, 0.25) is 5.02 Å². The molecule has 3 heterocycles. The summed E-state index contributed by atoms with van der Waals surface area (Å²) in [5.41, 5.74) is 0. The number of carbonyl (C=O) groups excluding carboxylic acids is 2. The fraction of sp³-hybridized carbons (Fsp3) is 0.478. The van der Waals surface area contributed by atoms with Crippen LogP contribution >= 0.6 is 11.6 Å². The number of piperazine rings is 1. The third-order valence-electron chi connectivity index (χ3n) is 7.07. The van der Waals surface area contributed by atoms with E-state index in [4.69, 9.17) is 11.6 Å². The number of halogens is 1. The van der Waals surface area contributed by atoms with Gasteiger partial charge in [-0.3, -0.25) is 14.5 Å². The third kappa shape index (κ3) is 4.35. The van der Waals surface area contributed by atoms with Crippen molar-refractivity contribution in [1.29, 1.82) is 0 Å². The molecule has 3 aliphatic heterocycles. The van der Waals surface area contributed by atoms with Gasteiger partial charge in [-0.25, -0.2) is 8.42 Å². The van der Waals surface area contributed by atoms with Gasteiger partial charge in [-0.1, -0.05) is 23.7 Å². The van der Waals surface area contributed by atoms with Crippen LogP contribution in [-0.4, -0.2) is 86.3 Å². The number of likely N-dealkylation sites (tertiary alicyclic amines) is 3. The molecule has 8 nitrogen and oxygen atoms in total. The molecule has 3 saturated heterocycles. The predicted molar refractivity (Wildman–Crippen MR) is 125 cm³/mol. The zero-order valence-corrected chi connectivity index (χ0v) is 20.0. The second-order valence-corrected chi connectivity index (χ2v) is 11.4. The number of rotatable bonds is 5. The Labute approximate surface area is 198 Å². The van der Waals surface area contributed by atoms with Crippen LogP contribution in [0.3, 0.4) is 0 Å².